The molecule has 2 nitrogen and oxygen atoms in total. The van der Waals surface area contributed by atoms with Gasteiger partial charge in [-0.3, -0.25) is 0 Å². The third kappa shape index (κ3) is 3.06. The maximum absolute atomic E-state index is 13.1. The Morgan fingerprint density at radius 1 is 0.667 bits per heavy atom. The summed E-state index contributed by atoms with van der Waals surface area (Å²) in [5.41, 5.74) is 0. The van der Waals surface area contributed by atoms with Crippen LogP contribution in [0.3, 0.4) is 0 Å². The molecule has 0 atom stereocenters. The van der Waals surface area contributed by atoms with Gasteiger partial charge in [-0.2, -0.15) is 54.4 Å². The summed E-state index contributed by atoms with van der Waals surface area (Å²) in [5.74, 6) is -38.5. The van der Waals surface area contributed by atoms with Gasteiger partial charge in [0.15, 0.2) is 0 Å². The van der Waals surface area contributed by atoms with Crippen LogP contribution in [-0.2, 0) is 0 Å². The first-order valence-corrected chi connectivity index (χ1v) is 5.40. The van der Waals surface area contributed by atoms with E-state index in [0.29, 0.717) is 12.1 Å². The lowest BCUT2D eigenvalue weighted by Gasteiger charge is -2.39. The minimum absolute atomic E-state index is 0.644. The van der Waals surface area contributed by atoms with Gasteiger partial charge in [-0.05, 0) is 0 Å². The molecule has 24 heavy (non-hydrogen) atoms. The van der Waals surface area contributed by atoms with Crippen molar-refractivity contribution in [3.8, 4) is 12.1 Å². The van der Waals surface area contributed by atoms with Crippen LogP contribution < -0.4 is 0 Å². The molecule has 14 heteroatoms. The second-order valence-electron chi connectivity index (χ2n) is 4.37. The average Bonchev–Trinajstić information content (AvgIpc) is 2.43. The summed E-state index contributed by atoms with van der Waals surface area (Å²) in [4.78, 5) is 0. The average molecular weight is 380 g/mol. The van der Waals surface area contributed by atoms with Gasteiger partial charge in [0.2, 0.25) is 0 Å². The number of hydrogen-bond donors (Lipinski definition) is 0. The molecule has 0 saturated heterocycles. The Morgan fingerprint density at radius 2 is 1.04 bits per heavy atom. The molecule has 0 unspecified atom stereocenters. The normalized spacial score (nSPS) is 14.7. The largest absolute Gasteiger partial charge is 0.384 e. The topological polar surface area (TPSA) is 47.6 Å². The van der Waals surface area contributed by atoms with Gasteiger partial charge in [0.25, 0.3) is 0 Å². The molecule has 0 aromatic rings. The van der Waals surface area contributed by atoms with E-state index in [2.05, 4.69) is 0 Å². The summed E-state index contributed by atoms with van der Waals surface area (Å²) >= 11 is 0. The van der Waals surface area contributed by atoms with Gasteiger partial charge < -0.3 is 0 Å². The van der Waals surface area contributed by atoms with Gasteiger partial charge in [-0.15, -0.1) is 0 Å². The van der Waals surface area contributed by atoms with E-state index in [0.717, 1.165) is 0 Å². The molecule has 0 bridgehead atoms. The fourth-order valence-corrected chi connectivity index (χ4v) is 1.28. The van der Waals surface area contributed by atoms with Crippen molar-refractivity contribution in [3.63, 3.8) is 0 Å². The Balaban J connectivity index is 6.09. The van der Waals surface area contributed by atoms with E-state index in [1.54, 1.807) is 0 Å². The van der Waals surface area contributed by atoms with Crippen molar-refractivity contribution in [2.45, 2.75) is 42.5 Å². The van der Waals surface area contributed by atoms with Crippen LogP contribution in [0.25, 0.3) is 0 Å². The molecule has 0 aromatic heterocycles. The third-order valence-electron chi connectivity index (χ3n) is 2.71. The Morgan fingerprint density at radius 3 is 1.33 bits per heavy atom. The molecule has 0 aromatic carbocycles. The Labute approximate surface area is 125 Å². The molecule has 0 N–H and O–H groups in total. The molecule has 0 fully saturated rings. The molecule has 0 saturated carbocycles. The molecule has 0 radical (unpaired) electrons. The molecular weight excluding hydrogens is 376 g/mol. The van der Waals surface area contributed by atoms with E-state index in [1.807, 2.05) is 0 Å². The highest BCUT2D eigenvalue weighted by atomic mass is 19.4. The highest BCUT2D eigenvalue weighted by Gasteiger charge is 2.87. The van der Waals surface area contributed by atoms with E-state index < -0.39 is 48.4 Å². The summed E-state index contributed by atoms with van der Waals surface area (Å²) in [6.45, 7) is 0. The first kappa shape index (κ1) is 22.1. The molecular formula is C10H4F12N2. The van der Waals surface area contributed by atoms with Crippen LogP contribution in [0.5, 0.6) is 0 Å². The van der Waals surface area contributed by atoms with E-state index in [-0.39, 0.29) is 0 Å². The van der Waals surface area contributed by atoms with Crippen LogP contribution in [-0.4, -0.2) is 36.0 Å². The summed E-state index contributed by atoms with van der Waals surface area (Å²) in [5, 5.41) is 16.2. The van der Waals surface area contributed by atoms with Crippen molar-refractivity contribution in [1.29, 1.82) is 10.5 Å². The molecule has 0 aliphatic heterocycles. The quantitative estimate of drug-likeness (QED) is 0.612. The monoisotopic (exact) mass is 380 g/mol. The van der Waals surface area contributed by atoms with Crippen molar-refractivity contribution >= 4 is 0 Å². The fraction of sp³-hybridized carbons (Fsp3) is 0.800. The number of hydrogen-bond acceptors (Lipinski definition) is 2. The lowest BCUT2D eigenvalue weighted by Crippen LogP contribution is -2.68. The maximum atomic E-state index is 13.1. The van der Waals surface area contributed by atoms with Crippen LogP contribution in [0.2, 0.25) is 0 Å². The number of nitrogens with zero attached hydrogens (tertiary/aromatic N) is 2. The first-order chi connectivity index (χ1) is 10.4. The number of alkyl halides is 12. The van der Waals surface area contributed by atoms with Gasteiger partial charge in [-0.25, -0.2) is 8.78 Å². The minimum atomic E-state index is -7.64. The Bertz CT molecular complexity index is 527. The molecule has 0 rings (SSSR count). The predicted molar refractivity (Wildman–Crippen MR) is 50.1 cm³/mol. The lowest BCUT2D eigenvalue weighted by atomic mass is 9.90. The van der Waals surface area contributed by atoms with Crippen LogP contribution in [0.15, 0.2) is 0 Å². The lowest BCUT2D eigenvalue weighted by molar-refractivity contribution is -0.413. The van der Waals surface area contributed by atoms with E-state index in [9.17, 15) is 52.7 Å². The predicted octanol–water partition coefficient (Wildman–Crippen LogP) is 4.48. The van der Waals surface area contributed by atoms with Gasteiger partial charge in [0.1, 0.15) is 5.92 Å². The summed E-state index contributed by atoms with van der Waals surface area (Å²) in [6.07, 6.45) is -8.30. The van der Waals surface area contributed by atoms with Gasteiger partial charge in [0, 0.05) is 6.42 Å². The standard InChI is InChI=1S/C10H4F12N2/c11-5(12)7(15,16)9(19,20)10(21,22)8(17,18)6(13,14)1-4(2-23)3-24/h4-5H,1H2. The fourth-order valence-electron chi connectivity index (χ4n) is 1.28. The van der Waals surface area contributed by atoms with Crippen molar-refractivity contribution < 1.29 is 52.7 Å². The van der Waals surface area contributed by atoms with Gasteiger partial charge in [-0.1, -0.05) is 0 Å². The Hall–Kier alpha value is -1.86. The van der Waals surface area contributed by atoms with E-state index in [4.69, 9.17) is 10.5 Å². The van der Waals surface area contributed by atoms with Crippen LogP contribution >= 0.6 is 0 Å². The first-order valence-electron chi connectivity index (χ1n) is 5.40. The molecule has 138 valence electrons. The molecule has 0 amide bonds. The maximum Gasteiger partial charge on any atom is 0.384 e. The third-order valence-corrected chi connectivity index (χ3v) is 2.71. The highest BCUT2D eigenvalue weighted by Crippen LogP contribution is 2.59. The SMILES string of the molecule is N#CC(C#N)CC(F)(F)C(F)(F)C(F)(F)C(F)(F)C(F)(F)C(F)F. The van der Waals surface area contributed by atoms with Crippen LogP contribution in [0.1, 0.15) is 6.42 Å². The number of nitriles is 2. The summed E-state index contributed by atoms with van der Waals surface area (Å²) in [6, 6.07) is 1.29. The van der Waals surface area contributed by atoms with E-state index in [1.165, 1.54) is 0 Å². The zero-order valence-electron chi connectivity index (χ0n) is 10.8. The zero-order valence-corrected chi connectivity index (χ0v) is 10.8. The van der Waals surface area contributed by atoms with Crippen LogP contribution in [0.4, 0.5) is 52.7 Å². The van der Waals surface area contributed by atoms with Crippen molar-refractivity contribution in [2.24, 2.45) is 5.92 Å². The molecule has 0 aliphatic carbocycles. The van der Waals surface area contributed by atoms with Gasteiger partial charge in [0.05, 0.1) is 12.1 Å². The van der Waals surface area contributed by atoms with Gasteiger partial charge >= 0.3 is 36.0 Å². The number of halogens is 12. The second kappa shape index (κ2) is 6.22. The molecule has 0 spiro atoms. The van der Waals surface area contributed by atoms with Crippen molar-refractivity contribution in [1.82, 2.24) is 0 Å². The second-order valence-corrected chi connectivity index (χ2v) is 4.37. The van der Waals surface area contributed by atoms with Crippen LogP contribution in [0, 0.1) is 28.6 Å². The summed E-state index contributed by atoms with van der Waals surface area (Å²) < 4.78 is 153. The number of rotatable bonds is 7. The summed E-state index contributed by atoms with van der Waals surface area (Å²) in [7, 11) is 0. The van der Waals surface area contributed by atoms with Crippen molar-refractivity contribution in [3.05, 3.63) is 0 Å². The molecule has 0 aliphatic rings. The Kier molecular flexibility index (Phi) is 5.73. The molecule has 0 heterocycles. The highest BCUT2D eigenvalue weighted by molar-refractivity contribution is 5.11. The van der Waals surface area contributed by atoms with E-state index >= 15 is 0 Å². The van der Waals surface area contributed by atoms with Crippen molar-refractivity contribution in [2.75, 3.05) is 0 Å². The zero-order chi connectivity index (χ0) is 19.8. The minimum Gasteiger partial charge on any atom is -0.203 e. The smallest absolute Gasteiger partial charge is 0.203 e.